The Labute approximate surface area is 222 Å². The molecule has 0 spiro atoms. The van der Waals surface area contributed by atoms with Crippen LogP contribution in [0.2, 0.25) is 0 Å². The summed E-state index contributed by atoms with van der Waals surface area (Å²) in [7, 11) is 0. The minimum Gasteiger partial charge on any atom is -0.481 e. The lowest BCUT2D eigenvalue weighted by Crippen LogP contribution is -2.54. The van der Waals surface area contributed by atoms with E-state index >= 15 is 0 Å². The molecule has 0 aliphatic carbocycles. The summed E-state index contributed by atoms with van der Waals surface area (Å²) in [4.78, 5) is 53.6. The molecule has 0 saturated carbocycles. The van der Waals surface area contributed by atoms with Crippen LogP contribution < -0.4 is 5.32 Å². The lowest BCUT2D eigenvalue weighted by molar-refractivity contribution is -0.138. The first-order valence-corrected chi connectivity index (χ1v) is 12.0. The summed E-state index contributed by atoms with van der Waals surface area (Å²) in [6.07, 6.45) is -2.92. The molecular formula is C28H25F2N3O6. The molecule has 3 amide bonds. The van der Waals surface area contributed by atoms with Crippen molar-refractivity contribution in [1.29, 1.82) is 0 Å². The Morgan fingerprint density at radius 3 is 2.26 bits per heavy atom. The normalized spacial score (nSPS) is 15.5. The number of halogens is 2. The second kappa shape index (κ2) is 12.2. The van der Waals surface area contributed by atoms with Crippen molar-refractivity contribution in [3.8, 4) is 0 Å². The van der Waals surface area contributed by atoms with E-state index in [9.17, 15) is 33.1 Å². The van der Waals surface area contributed by atoms with Crippen molar-refractivity contribution >= 4 is 23.9 Å². The highest BCUT2D eigenvalue weighted by Crippen LogP contribution is 2.23. The molecule has 0 bridgehead atoms. The van der Waals surface area contributed by atoms with Crippen LogP contribution in [0.3, 0.4) is 0 Å². The number of ether oxygens (including phenoxy) is 1. The van der Waals surface area contributed by atoms with Crippen molar-refractivity contribution < 1.29 is 37.8 Å². The number of carbonyl (C=O) groups is 4. The first kappa shape index (κ1) is 27.2. The lowest BCUT2D eigenvalue weighted by Gasteiger charge is -2.30. The third kappa shape index (κ3) is 6.75. The van der Waals surface area contributed by atoms with Gasteiger partial charge in [0.05, 0.1) is 12.5 Å². The maximum atomic E-state index is 13.8. The van der Waals surface area contributed by atoms with E-state index in [4.69, 9.17) is 4.74 Å². The van der Waals surface area contributed by atoms with Gasteiger partial charge < -0.3 is 20.1 Å². The third-order valence-corrected chi connectivity index (χ3v) is 6.15. The van der Waals surface area contributed by atoms with Crippen molar-refractivity contribution in [1.82, 2.24) is 15.1 Å². The molecule has 11 heteroatoms. The average Bonchev–Trinajstić information content (AvgIpc) is 3.37. The summed E-state index contributed by atoms with van der Waals surface area (Å²) >= 11 is 0. The number of carboxylic acid groups (broad SMARTS) is 1. The van der Waals surface area contributed by atoms with Crippen molar-refractivity contribution in [3.05, 3.63) is 107 Å². The highest BCUT2D eigenvalue weighted by atomic mass is 19.1. The Morgan fingerprint density at radius 1 is 0.897 bits per heavy atom. The molecule has 2 unspecified atom stereocenters. The number of aliphatic carboxylic acids is 1. The van der Waals surface area contributed by atoms with Gasteiger partial charge >= 0.3 is 12.1 Å². The summed E-state index contributed by atoms with van der Waals surface area (Å²) in [5.41, 5.74) is 0.982. The number of amides is 3. The second-order valence-corrected chi connectivity index (χ2v) is 8.83. The van der Waals surface area contributed by atoms with Crippen LogP contribution in [0.1, 0.15) is 33.9 Å². The quantitative estimate of drug-likeness (QED) is 0.453. The highest BCUT2D eigenvalue weighted by Gasteiger charge is 2.44. The van der Waals surface area contributed by atoms with E-state index in [0.29, 0.717) is 11.1 Å². The van der Waals surface area contributed by atoms with Gasteiger partial charge in [0, 0.05) is 18.7 Å². The molecule has 39 heavy (non-hydrogen) atoms. The summed E-state index contributed by atoms with van der Waals surface area (Å²) in [5, 5.41) is 12.0. The molecule has 1 fully saturated rings. The smallest absolute Gasteiger partial charge is 0.412 e. The number of nitrogens with one attached hydrogen (secondary N) is 1. The molecule has 2 N–H and O–H groups in total. The summed E-state index contributed by atoms with van der Waals surface area (Å²) in [6.45, 7) is -0.208. The van der Waals surface area contributed by atoms with Crippen molar-refractivity contribution in [2.75, 3.05) is 13.1 Å². The number of hydrogen-bond donors (Lipinski definition) is 2. The number of benzene rings is 3. The van der Waals surface area contributed by atoms with Gasteiger partial charge in [-0.2, -0.15) is 0 Å². The first-order chi connectivity index (χ1) is 18.7. The van der Waals surface area contributed by atoms with E-state index in [1.807, 2.05) is 0 Å². The largest absolute Gasteiger partial charge is 0.481 e. The van der Waals surface area contributed by atoms with Gasteiger partial charge in [-0.3, -0.25) is 19.3 Å². The average molecular weight is 538 g/mol. The predicted octanol–water partition coefficient (Wildman–Crippen LogP) is 3.72. The fourth-order valence-corrected chi connectivity index (χ4v) is 4.27. The zero-order chi connectivity index (χ0) is 27.9. The molecular weight excluding hydrogens is 512 g/mol. The second-order valence-electron chi connectivity index (χ2n) is 8.83. The van der Waals surface area contributed by atoms with Gasteiger partial charge in [-0.1, -0.05) is 48.5 Å². The molecule has 0 aromatic heterocycles. The van der Waals surface area contributed by atoms with Crippen LogP contribution in [0.25, 0.3) is 0 Å². The standard InChI is InChI=1S/C28H25F2N3O6/c29-21-11-9-19(10-12-21)23(16-24(34)35)31-25(36)26-32(27(37)20-7-4-8-22(30)15-20)13-14-33(26)28(38)39-17-18-5-2-1-3-6-18/h1-12,15,23,26H,13-14,16-17H2,(H,31,36)(H,34,35). The maximum absolute atomic E-state index is 13.8. The number of hydrogen-bond acceptors (Lipinski definition) is 5. The Hall–Kier alpha value is -4.80. The molecule has 3 aromatic carbocycles. The van der Waals surface area contributed by atoms with E-state index in [1.165, 1.54) is 24.3 Å². The fraction of sp³-hybridized carbons (Fsp3) is 0.214. The van der Waals surface area contributed by atoms with Crippen molar-refractivity contribution in [2.45, 2.75) is 25.2 Å². The van der Waals surface area contributed by atoms with Crippen LogP contribution in [-0.2, 0) is 20.9 Å². The van der Waals surface area contributed by atoms with Gasteiger partial charge in [-0.25, -0.2) is 13.6 Å². The van der Waals surface area contributed by atoms with E-state index in [-0.39, 0.29) is 25.3 Å². The van der Waals surface area contributed by atoms with Crippen LogP contribution in [0.15, 0.2) is 78.9 Å². The van der Waals surface area contributed by atoms with E-state index in [0.717, 1.165) is 34.1 Å². The Kier molecular flexibility index (Phi) is 8.50. The minimum atomic E-state index is -1.51. The van der Waals surface area contributed by atoms with Gasteiger partial charge in [0.25, 0.3) is 11.8 Å². The SMILES string of the molecule is O=C(O)CC(NC(=O)C1N(C(=O)OCc2ccccc2)CCN1C(=O)c1cccc(F)c1)c1ccc(F)cc1. The van der Waals surface area contributed by atoms with E-state index in [1.54, 1.807) is 30.3 Å². The van der Waals surface area contributed by atoms with Gasteiger partial charge in [0.1, 0.15) is 18.2 Å². The topological polar surface area (TPSA) is 116 Å². The molecule has 0 radical (unpaired) electrons. The van der Waals surface area contributed by atoms with Crippen LogP contribution in [0.5, 0.6) is 0 Å². The van der Waals surface area contributed by atoms with Gasteiger partial charge in [0.2, 0.25) is 0 Å². The van der Waals surface area contributed by atoms with Crippen LogP contribution in [0, 0.1) is 11.6 Å². The monoisotopic (exact) mass is 537 g/mol. The highest BCUT2D eigenvalue weighted by molar-refractivity contribution is 5.99. The number of nitrogens with zero attached hydrogens (tertiary/aromatic N) is 2. The molecule has 2 atom stereocenters. The van der Waals surface area contributed by atoms with Gasteiger partial charge in [-0.05, 0) is 41.5 Å². The van der Waals surface area contributed by atoms with E-state index < -0.39 is 54.1 Å². The van der Waals surface area contributed by atoms with Gasteiger partial charge in [-0.15, -0.1) is 0 Å². The maximum Gasteiger partial charge on any atom is 0.412 e. The molecule has 3 aromatic rings. The minimum absolute atomic E-state index is 0.0343. The molecule has 1 aliphatic heterocycles. The number of rotatable bonds is 8. The van der Waals surface area contributed by atoms with Gasteiger partial charge in [0.15, 0.2) is 6.17 Å². The third-order valence-electron chi connectivity index (χ3n) is 6.15. The first-order valence-electron chi connectivity index (χ1n) is 12.0. The number of carboxylic acids is 1. The Balaban J connectivity index is 1.60. The molecule has 1 saturated heterocycles. The molecule has 9 nitrogen and oxygen atoms in total. The van der Waals surface area contributed by atoms with E-state index in [2.05, 4.69) is 5.32 Å². The Morgan fingerprint density at radius 2 is 1.59 bits per heavy atom. The predicted molar refractivity (Wildman–Crippen MR) is 134 cm³/mol. The zero-order valence-corrected chi connectivity index (χ0v) is 20.6. The van der Waals surface area contributed by atoms with Crippen molar-refractivity contribution in [3.63, 3.8) is 0 Å². The molecule has 1 heterocycles. The Bertz CT molecular complexity index is 1350. The van der Waals surface area contributed by atoms with Crippen LogP contribution >= 0.6 is 0 Å². The lowest BCUT2D eigenvalue weighted by atomic mass is 10.0. The fourth-order valence-electron chi connectivity index (χ4n) is 4.27. The van der Waals surface area contributed by atoms with Crippen LogP contribution in [0.4, 0.5) is 13.6 Å². The molecule has 1 aliphatic rings. The summed E-state index contributed by atoms with van der Waals surface area (Å²) < 4.78 is 32.7. The summed E-state index contributed by atoms with van der Waals surface area (Å²) in [5.74, 6) is -4.00. The zero-order valence-electron chi connectivity index (χ0n) is 20.6. The van der Waals surface area contributed by atoms with Crippen molar-refractivity contribution in [2.24, 2.45) is 0 Å². The molecule has 202 valence electrons. The molecule has 4 rings (SSSR count). The summed E-state index contributed by atoms with van der Waals surface area (Å²) in [6, 6.07) is 17.6. The number of carbonyl (C=O) groups excluding carboxylic acids is 3. The van der Waals surface area contributed by atoms with Crippen LogP contribution in [-0.4, -0.2) is 58.0 Å².